The van der Waals surface area contributed by atoms with Crippen LogP contribution in [0.5, 0.6) is 0 Å². The molecule has 1 unspecified atom stereocenters. The zero-order valence-electron chi connectivity index (χ0n) is 12.4. The van der Waals surface area contributed by atoms with Crippen LogP contribution in [0.4, 0.5) is 13.2 Å². The molecule has 7 heteroatoms. The standard InChI is InChI=1S/C16H16F3NO3/c1-10(7-8-21)20-15(22)14-6-5-13(23-14)11-3-2-4-12(9-11)16(17,18)19/h2-6,9-10,21H,7-8H2,1H3,(H,20,22). The van der Waals surface area contributed by atoms with Crippen LogP contribution in [0.2, 0.25) is 0 Å². The van der Waals surface area contributed by atoms with Crippen LogP contribution in [0.15, 0.2) is 40.8 Å². The van der Waals surface area contributed by atoms with E-state index in [0.29, 0.717) is 6.42 Å². The molecule has 2 rings (SSSR count). The fourth-order valence-corrected chi connectivity index (χ4v) is 2.02. The van der Waals surface area contributed by atoms with Crippen molar-refractivity contribution in [3.05, 3.63) is 47.7 Å². The maximum absolute atomic E-state index is 12.7. The molecule has 0 aliphatic heterocycles. The van der Waals surface area contributed by atoms with Crippen LogP contribution in [-0.2, 0) is 6.18 Å². The Hall–Kier alpha value is -2.28. The van der Waals surface area contributed by atoms with E-state index in [2.05, 4.69) is 5.32 Å². The van der Waals surface area contributed by atoms with Crippen LogP contribution < -0.4 is 5.32 Å². The quantitative estimate of drug-likeness (QED) is 0.884. The lowest BCUT2D eigenvalue weighted by Crippen LogP contribution is -2.32. The Morgan fingerprint density at radius 3 is 2.70 bits per heavy atom. The van der Waals surface area contributed by atoms with Crippen molar-refractivity contribution in [2.45, 2.75) is 25.6 Å². The molecule has 0 spiro atoms. The largest absolute Gasteiger partial charge is 0.451 e. The summed E-state index contributed by atoms with van der Waals surface area (Å²) in [5, 5.41) is 11.4. The Kier molecular flexibility index (Phi) is 5.10. The van der Waals surface area contributed by atoms with Gasteiger partial charge in [-0.2, -0.15) is 13.2 Å². The molecule has 0 fully saturated rings. The van der Waals surface area contributed by atoms with Crippen LogP contribution in [0.1, 0.15) is 29.5 Å². The fourth-order valence-electron chi connectivity index (χ4n) is 2.02. The first-order chi connectivity index (χ1) is 10.8. The van der Waals surface area contributed by atoms with Gasteiger partial charge < -0.3 is 14.8 Å². The fraction of sp³-hybridized carbons (Fsp3) is 0.312. The summed E-state index contributed by atoms with van der Waals surface area (Å²) in [7, 11) is 0. The summed E-state index contributed by atoms with van der Waals surface area (Å²) in [5.74, 6) is -0.303. The first-order valence-corrected chi connectivity index (χ1v) is 7.00. The van der Waals surface area contributed by atoms with Gasteiger partial charge in [0.15, 0.2) is 5.76 Å². The molecule has 2 N–H and O–H groups in total. The lowest BCUT2D eigenvalue weighted by Gasteiger charge is -2.10. The van der Waals surface area contributed by atoms with E-state index in [1.165, 1.54) is 24.3 Å². The second-order valence-corrected chi connectivity index (χ2v) is 5.13. The molecular formula is C16H16F3NO3. The van der Waals surface area contributed by atoms with Crippen molar-refractivity contribution in [3.63, 3.8) is 0 Å². The second-order valence-electron chi connectivity index (χ2n) is 5.13. The average molecular weight is 327 g/mol. The van der Waals surface area contributed by atoms with Gasteiger partial charge in [0, 0.05) is 18.2 Å². The molecule has 2 aromatic rings. The van der Waals surface area contributed by atoms with Crippen molar-refractivity contribution >= 4 is 5.91 Å². The number of aliphatic hydroxyl groups excluding tert-OH is 1. The molecule has 4 nitrogen and oxygen atoms in total. The SMILES string of the molecule is CC(CCO)NC(=O)c1ccc(-c2cccc(C(F)(F)F)c2)o1. The summed E-state index contributed by atoms with van der Waals surface area (Å²) in [4.78, 5) is 11.9. The van der Waals surface area contributed by atoms with E-state index >= 15 is 0 Å². The monoisotopic (exact) mass is 327 g/mol. The lowest BCUT2D eigenvalue weighted by molar-refractivity contribution is -0.137. The molecular weight excluding hydrogens is 311 g/mol. The van der Waals surface area contributed by atoms with Crippen LogP contribution in [-0.4, -0.2) is 23.7 Å². The number of nitrogens with one attached hydrogen (secondary N) is 1. The average Bonchev–Trinajstić information content (AvgIpc) is 2.96. The van der Waals surface area contributed by atoms with Crippen molar-refractivity contribution in [1.82, 2.24) is 5.32 Å². The second kappa shape index (κ2) is 6.87. The molecule has 0 radical (unpaired) electrons. The number of amides is 1. The van der Waals surface area contributed by atoms with E-state index < -0.39 is 17.6 Å². The molecule has 1 aromatic heterocycles. The van der Waals surface area contributed by atoms with Gasteiger partial charge in [-0.15, -0.1) is 0 Å². The highest BCUT2D eigenvalue weighted by Crippen LogP contribution is 2.32. The predicted molar refractivity (Wildman–Crippen MR) is 77.8 cm³/mol. The zero-order chi connectivity index (χ0) is 17.0. The van der Waals surface area contributed by atoms with Crippen molar-refractivity contribution in [3.8, 4) is 11.3 Å². The summed E-state index contributed by atoms with van der Waals surface area (Å²) in [5.41, 5.74) is -0.545. The molecule has 0 aliphatic rings. The van der Waals surface area contributed by atoms with Crippen molar-refractivity contribution < 1.29 is 27.5 Å². The summed E-state index contributed by atoms with van der Waals surface area (Å²) < 4.78 is 43.5. The third-order valence-corrected chi connectivity index (χ3v) is 3.24. The van der Waals surface area contributed by atoms with Crippen molar-refractivity contribution in [2.24, 2.45) is 0 Å². The minimum Gasteiger partial charge on any atom is -0.451 e. The van der Waals surface area contributed by atoms with E-state index in [1.54, 1.807) is 6.92 Å². The molecule has 0 aliphatic carbocycles. The van der Waals surface area contributed by atoms with Crippen molar-refractivity contribution in [2.75, 3.05) is 6.61 Å². The molecule has 1 aromatic carbocycles. The summed E-state index contributed by atoms with van der Waals surface area (Å²) in [6.07, 6.45) is -4.05. The molecule has 0 bridgehead atoms. The van der Waals surface area contributed by atoms with Gasteiger partial charge in [0.1, 0.15) is 5.76 Å². The van der Waals surface area contributed by atoms with Crippen LogP contribution in [0, 0.1) is 0 Å². The first kappa shape index (κ1) is 17.1. The minimum atomic E-state index is -4.44. The smallest absolute Gasteiger partial charge is 0.416 e. The van der Waals surface area contributed by atoms with Gasteiger partial charge in [-0.25, -0.2) is 0 Å². The molecule has 23 heavy (non-hydrogen) atoms. The van der Waals surface area contributed by atoms with Gasteiger partial charge in [0.25, 0.3) is 5.91 Å². The number of carbonyl (C=O) groups is 1. The van der Waals surface area contributed by atoms with Crippen molar-refractivity contribution in [1.29, 1.82) is 0 Å². The normalized spacial score (nSPS) is 12.9. The molecule has 124 valence electrons. The number of aliphatic hydroxyl groups is 1. The molecule has 1 atom stereocenters. The highest BCUT2D eigenvalue weighted by atomic mass is 19.4. The molecule has 0 saturated carbocycles. The third kappa shape index (κ3) is 4.35. The Morgan fingerprint density at radius 1 is 1.30 bits per heavy atom. The van der Waals surface area contributed by atoms with E-state index in [1.807, 2.05) is 0 Å². The van der Waals surface area contributed by atoms with E-state index in [9.17, 15) is 18.0 Å². The number of carbonyl (C=O) groups excluding carboxylic acids is 1. The third-order valence-electron chi connectivity index (χ3n) is 3.24. The number of rotatable bonds is 5. The first-order valence-electron chi connectivity index (χ1n) is 7.00. The summed E-state index contributed by atoms with van der Waals surface area (Å²) in [6.45, 7) is 1.67. The highest BCUT2D eigenvalue weighted by molar-refractivity contribution is 5.92. The van der Waals surface area contributed by atoms with E-state index in [0.717, 1.165) is 12.1 Å². The van der Waals surface area contributed by atoms with Gasteiger partial charge in [0.2, 0.25) is 0 Å². The van der Waals surface area contributed by atoms with Gasteiger partial charge in [0.05, 0.1) is 5.56 Å². The van der Waals surface area contributed by atoms with Crippen LogP contribution in [0.25, 0.3) is 11.3 Å². The number of furan rings is 1. The summed E-state index contributed by atoms with van der Waals surface area (Å²) in [6, 6.07) is 7.30. The molecule has 1 amide bonds. The Morgan fingerprint density at radius 2 is 2.04 bits per heavy atom. The van der Waals surface area contributed by atoms with Crippen LogP contribution in [0.3, 0.4) is 0 Å². The van der Waals surface area contributed by atoms with Gasteiger partial charge in [-0.1, -0.05) is 12.1 Å². The number of halogens is 3. The van der Waals surface area contributed by atoms with Gasteiger partial charge >= 0.3 is 6.18 Å². The zero-order valence-corrected chi connectivity index (χ0v) is 12.4. The molecule has 0 saturated heterocycles. The Balaban J connectivity index is 2.18. The maximum atomic E-state index is 12.7. The number of alkyl halides is 3. The highest BCUT2D eigenvalue weighted by Gasteiger charge is 2.30. The van der Waals surface area contributed by atoms with Gasteiger partial charge in [-0.05, 0) is 37.6 Å². The topological polar surface area (TPSA) is 62.5 Å². The Bertz CT molecular complexity index is 679. The number of benzene rings is 1. The Labute approximate surface area is 130 Å². The van der Waals surface area contributed by atoms with E-state index in [-0.39, 0.29) is 29.7 Å². The summed E-state index contributed by atoms with van der Waals surface area (Å²) >= 11 is 0. The number of hydrogen-bond acceptors (Lipinski definition) is 3. The minimum absolute atomic E-state index is 0.00204. The van der Waals surface area contributed by atoms with Gasteiger partial charge in [-0.3, -0.25) is 4.79 Å². The maximum Gasteiger partial charge on any atom is 0.416 e. The predicted octanol–water partition coefficient (Wildman–Crippen LogP) is 3.47. The van der Waals surface area contributed by atoms with Crippen LogP contribution >= 0.6 is 0 Å². The lowest BCUT2D eigenvalue weighted by atomic mass is 10.1. The number of hydrogen-bond donors (Lipinski definition) is 2. The van der Waals surface area contributed by atoms with E-state index in [4.69, 9.17) is 9.52 Å². The molecule has 1 heterocycles.